The van der Waals surface area contributed by atoms with Crippen molar-refractivity contribution < 1.29 is 19.3 Å². The van der Waals surface area contributed by atoms with Gasteiger partial charge >= 0.3 is 5.97 Å². The molecule has 5 aliphatic rings. The summed E-state index contributed by atoms with van der Waals surface area (Å²) in [5, 5.41) is 0. The highest BCUT2D eigenvalue weighted by Gasteiger charge is 2.52. The lowest BCUT2D eigenvalue weighted by Gasteiger charge is -2.55. The summed E-state index contributed by atoms with van der Waals surface area (Å²) < 4.78 is 5.06. The van der Waals surface area contributed by atoms with Crippen molar-refractivity contribution in [2.45, 2.75) is 51.5 Å². The van der Waals surface area contributed by atoms with Crippen LogP contribution in [0.15, 0.2) is 0 Å². The third-order valence-electron chi connectivity index (χ3n) is 7.29. The molecular formula is C19H34N2O2+2. The predicted molar refractivity (Wildman–Crippen MR) is 88.3 cm³/mol. The van der Waals surface area contributed by atoms with Crippen LogP contribution in [0.5, 0.6) is 0 Å². The van der Waals surface area contributed by atoms with Gasteiger partial charge in [0, 0.05) is 11.8 Å². The van der Waals surface area contributed by atoms with Crippen LogP contribution in [-0.4, -0.2) is 51.3 Å². The van der Waals surface area contributed by atoms with Crippen molar-refractivity contribution in [3.05, 3.63) is 0 Å². The van der Waals surface area contributed by atoms with E-state index in [0.29, 0.717) is 13.0 Å². The lowest BCUT2D eigenvalue weighted by molar-refractivity contribution is -1.03. The smallest absolute Gasteiger partial charge is 0.311 e. The van der Waals surface area contributed by atoms with Gasteiger partial charge in [-0.05, 0) is 50.9 Å². The summed E-state index contributed by atoms with van der Waals surface area (Å²) in [6.45, 7) is 8.51. The van der Waals surface area contributed by atoms with Gasteiger partial charge in [0.2, 0.25) is 0 Å². The molecule has 0 aromatic rings. The maximum absolute atomic E-state index is 11.5. The molecule has 4 saturated carbocycles. The molecule has 1 heterocycles. The summed E-state index contributed by atoms with van der Waals surface area (Å²) >= 11 is 0. The molecular weight excluding hydrogens is 288 g/mol. The highest BCUT2D eigenvalue weighted by Crippen LogP contribution is 2.52. The molecule has 0 atom stereocenters. The van der Waals surface area contributed by atoms with Gasteiger partial charge in [-0.1, -0.05) is 0 Å². The number of hydrogen-bond acceptors (Lipinski definition) is 2. The van der Waals surface area contributed by atoms with Gasteiger partial charge in [0.25, 0.3) is 0 Å². The number of ether oxygens (including phenoxy) is 1. The molecule has 1 aliphatic heterocycles. The van der Waals surface area contributed by atoms with Crippen molar-refractivity contribution in [1.82, 2.24) is 0 Å². The number of hydrogen-bond donors (Lipinski definition) is 2. The Kier molecular flexibility index (Phi) is 4.64. The van der Waals surface area contributed by atoms with Gasteiger partial charge in [-0.15, -0.1) is 0 Å². The van der Waals surface area contributed by atoms with E-state index in [2.05, 4.69) is 0 Å². The third kappa shape index (κ3) is 3.30. The molecule has 130 valence electrons. The Hall–Kier alpha value is -0.610. The quantitative estimate of drug-likeness (QED) is 0.673. The fraction of sp³-hybridized carbons (Fsp3) is 0.947. The van der Waals surface area contributed by atoms with Crippen molar-refractivity contribution in [1.29, 1.82) is 0 Å². The van der Waals surface area contributed by atoms with Gasteiger partial charge in [-0.2, -0.15) is 0 Å². The van der Waals surface area contributed by atoms with Crippen LogP contribution >= 0.6 is 0 Å². The van der Waals surface area contributed by atoms with Crippen molar-refractivity contribution in [2.24, 2.45) is 23.7 Å². The fourth-order valence-electron chi connectivity index (χ4n) is 6.61. The van der Waals surface area contributed by atoms with E-state index in [0.717, 1.165) is 36.3 Å². The number of piperazine rings is 1. The zero-order valence-electron chi connectivity index (χ0n) is 14.7. The lowest BCUT2D eigenvalue weighted by atomic mass is 9.54. The number of carbonyl (C=O) groups is 1. The molecule has 0 unspecified atom stereocenters. The molecule has 2 N–H and O–H groups in total. The zero-order chi connectivity index (χ0) is 15.8. The molecule has 1 saturated heterocycles. The Balaban J connectivity index is 1.26. The maximum Gasteiger partial charge on any atom is 0.311 e. The second-order valence-corrected chi connectivity index (χ2v) is 8.67. The van der Waals surface area contributed by atoms with E-state index in [-0.39, 0.29) is 5.97 Å². The SMILES string of the molecule is CCOC(=O)CC[NH+]1CC[NH+](C2C3CC4CC(C3)CC2C4)CC1. The van der Waals surface area contributed by atoms with Crippen LogP contribution in [-0.2, 0) is 9.53 Å². The van der Waals surface area contributed by atoms with E-state index in [1.807, 2.05) is 11.8 Å². The summed E-state index contributed by atoms with van der Waals surface area (Å²) in [5.74, 6) is 4.25. The van der Waals surface area contributed by atoms with Gasteiger partial charge in [0.15, 0.2) is 0 Å². The minimum absolute atomic E-state index is 0.0178. The number of nitrogens with one attached hydrogen (secondary N) is 2. The van der Waals surface area contributed by atoms with Gasteiger partial charge in [-0.25, -0.2) is 0 Å². The molecule has 23 heavy (non-hydrogen) atoms. The predicted octanol–water partition coefficient (Wildman–Crippen LogP) is -0.452. The highest BCUT2D eigenvalue weighted by atomic mass is 16.5. The van der Waals surface area contributed by atoms with Crippen molar-refractivity contribution in [3.8, 4) is 0 Å². The summed E-state index contributed by atoms with van der Waals surface area (Å²) in [6.07, 6.45) is 8.32. The fourth-order valence-corrected chi connectivity index (χ4v) is 6.61. The van der Waals surface area contributed by atoms with Gasteiger partial charge in [0.05, 0.1) is 25.6 Å². The van der Waals surface area contributed by atoms with Crippen molar-refractivity contribution in [2.75, 3.05) is 39.3 Å². The van der Waals surface area contributed by atoms with E-state index < -0.39 is 0 Å². The van der Waals surface area contributed by atoms with Crippen LogP contribution < -0.4 is 9.80 Å². The first kappa shape index (κ1) is 15.9. The van der Waals surface area contributed by atoms with E-state index >= 15 is 0 Å². The molecule has 5 fully saturated rings. The molecule has 0 aromatic heterocycles. The van der Waals surface area contributed by atoms with Gasteiger partial charge in [-0.3, -0.25) is 4.79 Å². The number of quaternary nitrogens is 2. The monoisotopic (exact) mass is 322 g/mol. The summed E-state index contributed by atoms with van der Waals surface area (Å²) in [7, 11) is 0. The lowest BCUT2D eigenvalue weighted by Crippen LogP contribution is -3.30. The van der Waals surface area contributed by atoms with Crippen molar-refractivity contribution >= 4 is 5.97 Å². The molecule has 4 aliphatic carbocycles. The molecule has 0 radical (unpaired) electrons. The Morgan fingerprint density at radius 2 is 1.57 bits per heavy atom. The summed E-state index contributed by atoms with van der Waals surface area (Å²) in [6, 6.07) is 0.981. The molecule has 0 amide bonds. The topological polar surface area (TPSA) is 35.2 Å². The molecule has 0 spiro atoms. The van der Waals surface area contributed by atoms with E-state index in [9.17, 15) is 4.79 Å². The highest BCUT2D eigenvalue weighted by molar-refractivity contribution is 5.69. The second-order valence-electron chi connectivity index (χ2n) is 8.67. The normalized spacial score (nSPS) is 45.2. The van der Waals surface area contributed by atoms with Crippen LogP contribution in [0.25, 0.3) is 0 Å². The zero-order valence-corrected chi connectivity index (χ0v) is 14.7. The van der Waals surface area contributed by atoms with Crippen LogP contribution in [0.4, 0.5) is 0 Å². The minimum Gasteiger partial charge on any atom is -0.466 e. The summed E-state index contributed by atoms with van der Waals surface area (Å²) in [4.78, 5) is 15.1. The van der Waals surface area contributed by atoms with E-state index in [1.54, 1.807) is 37.0 Å². The second kappa shape index (κ2) is 6.72. The molecule has 4 nitrogen and oxygen atoms in total. The Morgan fingerprint density at radius 1 is 0.957 bits per heavy atom. The molecule has 0 aromatic carbocycles. The molecule has 4 bridgehead atoms. The van der Waals surface area contributed by atoms with Crippen LogP contribution in [0.1, 0.15) is 45.4 Å². The average molecular weight is 322 g/mol. The standard InChI is InChI=1S/C19H32N2O2/c1-2-23-18(22)3-4-20-5-7-21(8-6-20)19-16-10-14-9-15(12-16)13-17(19)11-14/h14-17,19H,2-13H2,1H3/p+2. The Labute approximate surface area is 140 Å². The van der Waals surface area contributed by atoms with Gasteiger partial charge in [0.1, 0.15) is 26.2 Å². The molecule has 5 rings (SSSR count). The first-order chi connectivity index (χ1) is 11.2. The van der Waals surface area contributed by atoms with Crippen LogP contribution in [0.2, 0.25) is 0 Å². The first-order valence-corrected chi connectivity index (χ1v) is 10.1. The number of carbonyl (C=O) groups excluding carboxylic acids is 1. The van der Waals surface area contributed by atoms with E-state index in [1.165, 1.54) is 26.2 Å². The van der Waals surface area contributed by atoms with Crippen LogP contribution in [0, 0.1) is 23.7 Å². The first-order valence-electron chi connectivity index (χ1n) is 10.1. The minimum atomic E-state index is -0.0178. The maximum atomic E-state index is 11.5. The molecule has 4 heteroatoms. The number of esters is 1. The Bertz CT molecular complexity index is 403. The van der Waals surface area contributed by atoms with Crippen LogP contribution in [0.3, 0.4) is 0 Å². The Morgan fingerprint density at radius 3 is 2.13 bits per heavy atom. The third-order valence-corrected chi connectivity index (χ3v) is 7.29. The average Bonchev–Trinajstić information content (AvgIpc) is 2.53. The summed E-state index contributed by atoms with van der Waals surface area (Å²) in [5.41, 5.74) is 0. The van der Waals surface area contributed by atoms with E-state index in [4.69, 9.17) is 4.74 Å². The van der Waals surface area contributed by atoms with Gasteiger partial charge < -0.3 is 14.5 Å². The largest absolute Gasteiger partial charge is 0.466 e. The van der Waals surface area contributed by atoms with Crippen molar-refractivity contribution in [3.63, 3.8) is 0 Å². The number of rotatable bonds is 5.